The quantitative estimate of drug-likeness (QED) is 0.221. The molecule has 0 spiro atoms. The van der Waals surface area contributed by atoms with Crippen LogP contribution in [-0.2, 0) is 28.6 Å². The summed E-state index contributed by atoms with van der Waals surface area (Å²) in [5, 5.41) is 0. The van der Waals surface area contributed by atoms with Crippen LogP contribution in [-0.4, -0.2) is 35.7 Å². The van der Waals surface area contributed by atoms with Gasteiger partial charge in [-0.15, -0.1) is 0 Å². The molecule has 0 amide bonds. The Kier molecular flexibility index (Phi) is 11.8. The molecule has 1 saturated heterocycles. The molecule has 0 N–H and O–H groups in total. The highest BCUT2D eigenvalue weighted by Crippen LogP contribution is 2.60. The summed E-state index contributed by atoms with van der Waals surface area (Å²) in [5.41, 5.74) is -1.99. The van der Waals surface area contributed by atoms with Gasteiger partial charge in [0.25, 0.3) is 0 Å². The summed E-state index contributed by atoms with van der Waals surface area (Å²) < 4.78 is 18.1. The van der Waals surface area contributed by atoms with E-state index in [1.165, 1.54) is 32.1 Å². The van der Waals surface area contributed by atoms with Crippen molar-refractivity contribution < 1.29 is 28.6 Å². The van der Waals surface area contributed by atoms with E-state index >= 15 is 0 Å². The molecule has 6 heteroatoms. The molecule has 1 aliphatic heterocycles. The maximum atomic E-state index is 13.6. The molecule has 0 radical (unpaired) electrons. The maximum Gasteiger partial charge on any atom is 0.312 e. The Morgan fingerprint density at radius 2 is 1.41 bits per heavy atom. The van der Waals surface area contributed by atoms with Crippen molar-refractivity contribution in [1.82, 2.24) is 0 Å². The van der Waals surface area contributed by atoms with Crippen LogP contribution in [0.3, 0.4) is 0 Å². The molecule has 7 aliphatic rings. The van der Waals surface area contributed by atoms with Crippen LogP contribution in [0.4, 0.5) is 0 Å². The third-order valence-corrected chi connectivity index (χ3v) is 11.4. The van der Waals surface area contributed by atoms with E-state index in [0.717, 1.165) is 24.7 Å². The van der Waals surface area contributed by atoms with Gasteiger partial charge >= 0.3 is 17.9 Å². The van der Waals surface area contributed by atoms with Crippen molar-refractivity contribution in [2.75, 3.05) is 0 Å². The zero-order valence-corrected chi connectivity index (χ0v) is 24.0. The van der Waals surface area contributed by atoms with Gasteiger partial charge in [-0.1, -0.05) is 50.5 Å². The van der Waals surface area contributed by atoms with Gasteiger partial charge in [-0.2, -0.15) is 0 Å². The van der Waals surface area contributed by atoms with Gasteiger partial charge in [0.2, 0.25) is 0 Å². The molecular formula is C35H64O6. The zero-order valence-electron chi connectivity index (χ0n) is 24.0. The molecule has 0 aromatic heterocycles. The summed E-state index contributed by atoms with van der Waals surface area (Å²) in [6, 6.07) is 0. The largest absolute Gasteiger partial charge is 0.458 e. The van der Waals surface area contributed by atoms with Gasteiger partial charge in [0.05, 0.1) is 16.7 Å². The SMILES string of the molecule is C.C.C.C.CC.CCC(C)(CC(C)(C)C(=O)OC1(C)C2CC3CC(C2)CC1C3)C(=O)OC1C2CC3C(=O)OC1C3C2. The normalized spacial score (nSPS) is 39.8. The predicted molar refractivity (Wildman–Crippen MR) is 166 cm³/mol. The van der Waals surface area contributed by atoms with Crippen LogP contribution < -0.4 is 0 Å². The van der Waals surface area contributed by atoms with Gasteiger partial charge in [0.15, 0.2) is 0 Å². The predicted octanol–water partition coefficient (Wildman–Crippen LogP) is 8.64. The molecule has 1 heterocycles. The molecule has 6 nitrogen and oxygen atoms in total. The third-order valence-electron chi connectivity index (χ3n) is 11.4. The van der Waals surface area contributed by atoms with E-state index in [-0.39, 0.29) is 83.2 Å². The monoisotopic (exact) mass is 580 g/mol. The fraction of sp³-hybridized carbons (Fsp3) is 0.914. The first-order valence-corrected chi connectivity index (χ1v) is 15.1. The lowest BCUT2D eigenvalue weighted by molar-refractivity contribution is -0.213. The first kappa shape index (κ1) is 37.4. The molecule has 6 unspecified atom stereocenters. The second-order valence-corrected chi connectivity index (χ2v) is 14.1. The minimum atomic E-state index is -0.808. The number of esters is 3. The standard InChI is InChI=1S/C29H42O6.C2H6.4CH4/c1-6-28(4,26(32)34-22-17-12-20-21(13-17)24(30)33-23(20)22)14-27(2,3)25(31)35-29(5)18-8-15-7-16(10-18)11-19(29)9-15;1-2;;;;/h15-23H,6-14H2,1-5H3;1-2H3;4*1H4. The fourth-order valence-electron chi connectivity index (χ4n) is 9.34. The highest BCUT2D eigenvalue weighted by Gasteiger charge is 2.64. The molecule has 6 atom stereocenters. The lowest BCUT2D eigenvalue weighted by atomic mass is 9.50. The van der Waals surface area contributed by atoms with Crippen LogP contribution in [0, 0.1) is 52.3 Å². The number of carbonyl (C=O) groups excluding carboxylic acids is 3. The molecular weight excluding hydrogens is 516 g/mol. The van der Waals surface area contributed by atoms with Crippen LogP contribution in [0.25, 0.3) is 0 Å². The molecule has 0 aromatic carbocycles. The van der Waals surface area contributed by atoms with E-state index in [1.807, 2.05) is 41.5 Å². The Hall–Kier alpha value is -1.59. The molecule has 6 saturated carbocycles. The van der Waals surface area contributed by atoms with E-state index in [1.54, 1.807) is 0 Å². The number of hydrogen-bond donors (Lipinski definition) is 0. The average molecular weight is 581 g/mol. The molecule has 6 bridgehead atoms. The lowest BCUT2D eigenvalue weighted by Crippen LogP contribution is -2.59. The minimum absolute atomic E-state index is 0. The second kappa shape index (κ2) is 13.0. The highest BCUT2D eigenvalue weighted by molar-refractivity contribution is 5.81. The number of hydrogen-bond acceptors (Lipinski definition) is 6. The molecule has 7 fully saturated rings. The Balaban J connectivity index is 0.00000137. The van der Waals surface area contributed by atoms with Crippen molar-refractivity contribution in [3.8, 4) is 0 Å². The van der Waals surface area contributed by atoms with Crippen LogP contribution in [0.1, 0.15) is 136 Å². The van der Waals surface area contributed by atoms with E-state index in [0.29, 0.717) is 24.7 Å². The van der Waals surface area contributed by atoms with Gasteiger partial charge in [-0.25, -0.2) is 0 Å². The summed E-state index contributed by atoms with van der Waals surface area (Å²) in [6.45, 7) is 13.9. The summed E-state index contributed by atoms with van der Waals surface area (Å²) >= 11 is 0. The Morgan fingerprint density at radius 3 is 1.93 bits per heavy atom. The van der Waals surface area contributed by atoms with Crippen molar-refractivity contribution in [1.29, 1.82) is 0 Å². The van der Waals surface area contributed by atoms with Crippen LogP contribution >= 0.6 is 0 Å². The Bertz CT molecular complexity index is 911. The van der Waals surface area contributed by atoms with Crippen LogP contribution in [0.5, 0.6) is 0 Å². The number of ether oxygens (including phenoxy) is 3. The van der Waals surface area contributed by atoms with Crippen molar-refractivity contribution in [2.45, 2.75) is 154 Å². The summed E-state index contributed by atoms with van der Waals surface area (Å²) in [5.74, 6) is 2.39. The first-order valence-electron chi connectivity index (χ1n) is 15.1. The summed E-state index contributed by atoms with van der Waals surface area (Å²) in [7, 11) is 0. The van der Waals surface area contributed by atoms with Crippen LogP contribution in [0.15, 0.2) is 0 Å². The molecule has 41 heavy (non-hydrogen) atoms. The van der Waals surface area contributed by atoms with Crippen molar-refractivity contribution in [3.05, 3.63) is 0 Å². The van der Waals surface area contributed by atoms with E-state index < -0.39 is 10.8 Å². The zero-order chi connectivity index (χ0) is 26.9. The van der Waals surface area contributed by atoms with Gasteiger partial charge < -0.3 is 14.2 Å². The van der Waals surface area contributed by atoms with Crippen LogP contribution in [0.2, 0.25) is 0 Å². The van der Waals surface area contributed by atoms with Gasteiger partial charge in [0.1, 0.15) is 17.8 Å². The van der Waals surface area contributed by atoms with Gasteiger partial charge in [0, 0.05) is 11.8 Å². The lowest BCUT2D eigenvalue weighted by Gasteiger charge is -2.59. The van der Waals surface area contributed by atoms with Crippen molar-refractivity contribution in [2.24, 2.45) is 52.3 Å². The van der Waals surface area contributed by atoms with Crippen molar-refractivity contribution >= 4 is 17.9 Å². The average Bonchev–Trinajstić information content (AvgIpc) is 3.48. The molecule has 6 aliphatic carbocycles. The number of rotatable bonds is 7. The number of carbonyl (C=O) groups is 3. The molecule has 240 valence electrons. The Labute approximate surface area is 252 Å². The summed E-state index contributed by atoms with van der Waals surface area (Å²) in [4.78, 5) is 39.3. The Morgan fingerprint density at radius 1 is 0.878 bits per heavy atom. The van der Waals surface area contributed by atoms with E-state index in [4.69, 9.17) is 14.2 Å². The third kappa shape index (κ3) is 5.96. The van der Waals surface area contributed by atoms with E-state index in [9.17, 15) is 14.4 Å². The fourth-order valence-corrected chi connectivity index (χ4v) is 9.34. The van der Waals surface area contributed by atoms with E-state index in [2.05, 4.69) is 6.92 Å². The summed E-state index contributed by atoms with van der Waals surface area (Å²) in [6.07, 6.45) is 8.10. The first-order chi connectivity index (χ1) is 17.4. The highest BCUT2D eigenvalue weighted by atomic mass is 16.6. The smallest absolute Gasteiger partial charge is 0.312 e. The van der Waals surface area contributed by atoms with Crippen molar-refractivity contribution in [3.63, 3.8) is 0 Å². The molecule has 0 aromatic rings. The second-order valence-electron chi connectivity index (χ2n) is 14.1. The maximum absolute atomic E-state index is 13.6. The minimum Gasteiger partial charge on any atom is -0.458 e. The van der Waals surface area contributed by atoms with Gasteiger partial charge in [-0.3, -0.25) is 14.4 Å². The number of fused-ring (bicyclic) bond motifs is 1. The topological polar surface area (TPSA) is 78.9 Å². The molecule has 7 rings (SSSR count). The van der Waals surface area contributed by atoms with Gasteiger partial charge in [-0.05, 0) is 109 Å².